The van der Waals surface area contributed by atoms with E-state index in [9.17, 15) is 0 Å². The van der Waals surface area contributed by atoms with E-state index >= 15 is 0 Å². The molecule has 0 aromatic carbocycles. The topological polar surface area (TPSA) is 57.0 Å². The van der Waals surface area contributed by atoms with Crippen LogP contribution in [0.4, 0.5) is 0 Å². The van der Waals surface area contributed by atoms with Crippen LogP contribution in [0, 0.1) is 5.92 Å². The van der Waals surface area contributed by atoms with E-state index in [4.69, 9.17) is 4.99 Å². The fourth-order valence-corrected chi connectivity index (χ4v) is 3.84. The van der Waals surface area contributed by atoms with Crippen molar-refractivity contribution in [3.8, 4) is 0 Å². The van der Waals surface area contributed by atoms with Gasteiger partial charge in [0, 0.05) is 49.5 Å². The molecule has 2 N–H and O–H groups in total. The maximum atomic E-state index is 4.73. The van der Waals surface area contributed by atoms with Crippen LogP contribution in [0.3, 0.4) is 0 Å². The Hall–Kier alpha value is -0.870. The smallest absolute Gasteiger partial charge is 0.193 e. The number of imidazole rings is 1. The first-order valence-electron chi connectivity index (χ1n) is 8.76. The van der Waals surface area contributed by atoms with Crippen molar-refractivity contribution in [1.82, 2.24) is 24.9 Å². The molecule has 0 saturated carbocycles. The highest BCUT2D eigenvalue weighted by molar-refractivity contribution is 14.0. The predicted molar refractivity (Wildman–Crippen MR) is 116 cm³/mol. The molecular weight excluding hydrogens is 447 g/mol. The molecule has 140 valence electrons. The highest BCUT2D eigenvalue weighted by atomic mass is 127. The second-order valence-corrected chi connectivity index (χ2v) is 7.67. The minimum atomic E-state index is 0. The second kappa shape index (κ2) is 9.18. The van der Waals surface area contributed by atoms with Crippen molar-refractivity contribution < 1.29 is 0 Å². The Morgan fingerprint density at radius 3 is 2.88 bits per heavy atom. The zero-order valence-electron chi connectivity index (χ0n) is 15.4. The quantitative estimate of drug-likeness (QED) is 0.396. The number of nitrogens with one attached hydrogen (secondary N) is 2. The van der Waals surface area contributed by atoms with Crippen LogP contribution in [-0.2, 0) is 6.54 Å². The van der Waals surface area contributed by atoms with Gasteiger partial charge in [0.1, 0.15) is 0 Å². The Balaban J connectivity index is 0.00000225. The number of hydrogen-bond donors (Lipinski definition) is 2. The predicted octanol–water partition coefficient (Wildman–Crippen LogP) is 2.80. The summed E-state index contributed by atoms with van der Waals surface area (Å²) in [4.78, 5) is 12.9. The Kier molecular flexibility index (Phi) is 7.51. The molecule has 8 heteroatoms. The molecular formula is C17H29IN6S. The average molecular weight is 476 g/mol. The molecule has 0 spiro atoms. The van der Waals surface area contributed by atoms with Gasteiger partial charge < -0.3 is 10.6 Å². The van der Waals surface area contributed by atoms with Gasteiger partial charge in [-0.2, -0.15) is 0 Å². The molecule has 1 fully saturated rings. The Morgan fingerprint density at radius 2 is 2.24 bits per heavy atom. The maximum absolute atomic E-state index is 4.73. The summed E-state index contributed by atoms with van der Waals surface area (Å²) in [5.74, 6) is 1.51. The van der Waals surface area contributed by atoms with Gasteiger partial charge in [0.05, 0.1) is 12.2 Å². The van der Waals surface area contributed by atoms with Gasteiger partial charge in [-0.05, 0) is 26.7 Å². The van der Waals surface area contributed by atoms with E-state index in [0.29, 0.717) is 24.5 Å². The number of thiazole rings is 1. The number of aliphatic imine (C=N–C) groups is 1. The van der Waals surface area contributed by atoms with Crippen LogP contribution >= 0.6 is 35.3 Å². The summed E-state index contributed by atoms with van der Waals surface area (Å²) in [7, 11) is 0. The monoisotopic (exact) mass is 476 g/mol. The van der Waals surface area contributed by atoms with Gasteiger partial charge in [0.25, 0.3) is 0 Å². The number of rotatable bonds is 5. The summed E-state index contributed by atoms with van der Waals surface area (Å²) in [6.45, 7) is 12.6. The van der Waals surface area contributed by atoms with Crippen LogP contribution in [0.5, 0.6) is 0 Å². The average Bonchev–Trinajstić information content (AvgIpc) is 3.20. The second-order valence-electron chi connectivity index (χ2n) is 6.80. The first-order chi connectivity index (χ1) is 11.6. The lowest BCUT2D eigenvalue weighted by Crippen LogP contribution is -2.46. The summed E-state index contributed by atoms with van der Waals surface area (Å²) < 4.78 is 2.05. The summed E-state index contributed by atoms with van der Waals surface area (Å²) >= 11 is 1.65. The molecule has 2 aromatic rings. The zero-order valence-corrected chi connectivity index (χ0v) is 18.5. The first kappa shape index (κ1) is 20.4. The van der Waals surface area contributed by atoms with Crippen molar-refractivity contribution in [2.24, 2.45) is 10.9 Å². The fraction of sp³-hybridized carbons (Fsp3) is 0.647. The van der Waals surface area contributed by atoms with E-state index in [-0.39, 0.29) is 24.0 Å². The molecule has 1 saturated heterocycles. The number of aromatic nitrogens is 2. The number of nitrogens with zero attached hydrogens (tertiary/aromatic N) is 4. The van der Waals surface area contributed by atoms with Gasteiger partial charge in [-0.3, -0.25) is 9.30 Å². The van der Waals surface area contributed by atoms with Gasteiger partial charge in [-0.15, -0.1) is 35.3 Å². The lowest BCUT2D eigenvalue weighted by Gasteiger charge is -2.21. The van der Waals surface area contributed by atoms with E-state index < -0.39 is 0 Å². The van der Waals surface area contributed by atoms with Crippen molar-refractivity contribution in [2.75, 3.05) is 19.6 Å². The minimum absolute atomic E-state index is 0. The third-order valence-corrected chi connectivity index (χ3v) is 5.35. The van der Waals surface area contributed by atoms with Gasteiger partial charge in [0.15, 0.2) is 10.9 Å². The lowest BCUT2D eigenvalue weighted by atomic mass is 10.1. The summed E-state index contributed by atoms with van der Waals surface area (Å²) in [6, 6.07) is 1.04. The van der Waals surface area contributed by atoms with E-state index in [2.05, 4.69) is 58.8 Å². The molecule has 3 heterocycles. The van der Waals surface area contributed by atoms with Crippen molar-refractivity contribution in [3.63, 3.8) is 0 Å². The van der Waals surface area contributed by atoms with Gasteiger partial charge in [-0.25, -0.2) is 9.98 Å². The van der Waals surface area contributed by atoms with Crippen LogP contribution in [0.25, 0.3) is 4.96 Å². The van der Waals surface area contributed by atoms with Crippen LogP contribution in [0.1, 0.15) is 33.4 Å². The van der Waals surface area contributed by atoms with Crippen LogP contribution in [-0.4, -0.2) is 52.0 Å². The van der Waals surface area contributed by atoms with E-state index in [1.807, 2.05) is 11.6 Å². The Labute approximate surface area is 171 Å². The Morgan fingerprint density at radius 1 is 1.44 bits per heavy atom. The van der Waals surface area contributed by atoms with E-state index in [0.717, 1.165) is 36.2 Å². The number of likely N-dealkylation sites (tertiary alicyclic amines) is 1. The van der Waals surface area contributed by atoms with Crippen molar-refractivity contribution >= 4 is 46.2 Å². The van der Waals surface area contributed by atoms with Gasteiger partial charge >= 0.3 is 0 Å². The molecule has 0 bridgehead atoms. The van der Waals surface area contributed by atoms with Crippen molar-refractivity contribution in [2.45, 2.75) is 46.3 Å². The molecule has 3 rings (SSSR count). The van der Waals surface area contributed by atoms with Gasteiger partial charge in [0.2, 0.25) is 0 Å². The maximum Gasteiger partial charge on any atom is 0.193 e. The SMILES string of the molecule is CCNC(=NCc1cn2ccsc2n1)NC1CN(C(C)C)CC1C.I. The molecule has 0 amide bonds. The number of hydrogen-bond acceptors (Lipinski definition) is 4. The molecule has 1 aliphatic heterocycles. The largest absolute Gasteiger partial charge is 0.357 e. The van der Waals surface area contributed by atoms with Gasteiger partial charge in [-0.1, -0.05) is 6.92 Å². The normalized spacial score (nSPS) is 21.7. The molecule has 2 atom stereocenters. The van der Waals surface area contributed by atoms with Crippen molar-refractivity contribution in [3.05, 3.63) is 23.5 Å². The molecule has 0 aliphatic carbocycles. The lowest BCUT2D eigenvalue weighted by molar-refractivity contribution is 0.265. The van der Waals surface area contributed by atoms with E-state index in [1.165, 1.54) is 0 Å². The molecule has 2 unspecified atom stereocenters. The fourth-order valence-electron chi connectivity index (χ4n) is 3.12. The third kappa shape index (κ3) is 5.07. The zero-order chi connectivity index (χ0) is 17.1. The van der Waals surface area contributed by atoms with Crippen molar-refractivity contribution in [1.29, 1.82) is 0 Å². The first-order valence-corrected chi connectivity index (χ1v) is 9.64. The molecule has 0 radical (unpaired) electrons. The van der Waals surface area contributed by atoms with Crippen LogP contribution < -0.4 is 10.6 Å². The molecule has 25 heavy (non-hydrogen) atoms. The standard InChI is InChI=1S/C17H28N6S.HI/c1-5-18-16(21-15-11-23(12(2)3)9-13(15)4)19-8-14-10-22-6-7-24-17(22)20-14;/h6-7,10,12-13,15H,5,8-9,11H2,1-4H3,(H2,18,19,21);1H. The summed E-state index contributed by atoms with van der Waals surface area (Å²) in [6.07, 6.45) is 4.09. The number of fused-ring (bicyclic) bond motifs is 1. The van der Waals surface area contributed by atoms with E-state index in [1.54, 1.807) is 11.3 Å². The molecule has 6 nitrogen and oxygen atoms in total. The molecule has 1 aliphatic rings. The molecule has 2 aromatic heterocycles. The third-order valence-electron chi connectivity index (χ3n) is 4.58. The van der Waals surface area contributed by atoms with Crippen LogP contribution in [0.15, 0.2) is 22.8 Å². The number of guanidine groups is 1. The highest BCUT2D eigenvalue weighted by Gasteiger charge is 2.31. The number of halogens is 1. The summed E-state index contributed by atoms with van der Waals surface area (Å²) in [5.41, 5.74) is 1.00. The Bertz CT molecular complexity index is 666. The van der Waals surface area contributed by atoms with Crippen LogP contribution in [0.2, 0.25) is 0 Å². The summed E-state index contributed by atoms with van der Waals surface area (Å²) in [5, 5.41) is 9.02. The highest BCUT2D eigenvalue weighted by Crippen LogP contribution is 2.18. The minimum Gasteiger partial charge on any atom is -0.357 e.